The minimum absolute atomic E-state index is 0.279. The Kier molecular flexibility index (Phi) is 11.3. The zero-order valence-electron chi connectivity index (χ0n) is 18.9. The van der Waals surface area contributed by atoms with Crippen molar-refractivity contribution in [3.8, 4) is 0 Å². The van der Waals surface area contributed by atoms with Crippen molar-refractivity contribution in [3.63, 3.8) is 0 Å². The van der Waals surface area contributed by atoms with E-state index in [4.69, 9.17) is 9.53 Å². The van der Waals surface area contributed by atoms with Gasteiger partial charge in [-0.25, -0.2) is 0 Å². The molecule has 1 saturated heterocycles. The van der Waals surface area contributed by atoms with Crippen LogP contribution in [0, 0.1) is 6.92 Å². The molecule has 3 rings (SSSR count). The summed E-state index contributed by atoms with van der Waals surface area (Å²) in [7, 11) is 4.32. The van der Waals surface area contributed by atoms with Gasteiger partial charge in [0.15, 0.2) is 0 Å². The minimum atomic E-state index is 0.279. The highest BCUT2D eigenvalue weighted by Gasteiger charge is 2.24. The molecule has 1 unspecified atom stereocenters. The molecule has 160 valence electrons. The fourth-order valence-electron chi connectivity index (χ4n) is 3.28. The van der Waals surface area contributed by atoms with Gasteiger partial charge in [0.25, 0.3) is 0 Å². The van der Waals surface area contributed by atoms with Crippen molar-refractivity contribution < 1.29 is 9.53 Å². The quantitative estimate of drug-likeness (QED) is 0.736. The van der Waals surface area contributed by atoms with Crippen LogP contribution < -0.4 is 4.90 Å². The maximum absolute atomic E-state index is 8.00. The van der Waals surface area contributed by atoms with Crippen LogP contribution in [0.2, 0.25) is 0 Å². The summed E-state index contributed by atoms with van der Waals surface area (Å²) in [6, 6.07) is 19.3. The topological polar surface area (TPSA) is 32.8 Å². The first-order valence-corrected chi connectivity index (χ1v) is 10.3. The standard InChI is InChI=1S/C13H21N.C11H15NO.CH2O/c1-5-13(2,14(3)4)11-12-9-7-6-8-10-12;1-10-3-2-4-11(9-10)12-5-7-13-8-6-12;1-2/h6-10H,5,11H2,1-4H3;2-4,9H,5-8H2,1H3;1H2. The number of ether oxygens (including phenoxy) is 1. The second kappa shape index (κ2) is 13.1. The fraction of sp³-hybridized carbons (Fsp3) is 0.480. The van der Waals surface area contributed by atoms with Crippen molar-refractivity contribution in [2.24, 2.45) is 0 Å². The molecule has 1 aliphatic heterocycles. The zero-order chi connectivity index (χ0) is 21.7. The number of carbonyl (C=O) groups is 1. The van der Waals surface area contributed by atoms with E-state index >= 15 is 0 Å². The summed E-state index contributed by atoms with van der Waals surface area (Å²) >= 11 is 0. The number of rotatable bonds is 5. The molecular formula is C25H38N2O2. The number of hydrogen-bond donors (Lipinski definition) is 0. The number of morpholine rings is 1. The molecule has 0 amide bonds. The molecule has 1 fully saturated rings. The van der Waals surface area contributed by atoms with Gasteiger partial charge < -0.3 is 19.3 Å². The molecule has 0 aromatic heterocycles. The van der Waals surface area contributed by atoms with Gasteiger partial charge in [-0.1, -0.05) is 49.4 Å². The monoisotopic (exact) mass is 398 g/mol. The van der Waals surface area contributed by atoms with E-state index < -0.39 is 0 Å². The van der Waals surface area contributed by atoms with Crippen molar-refractivity contribution in [1.82, 2.24) is 4.90 Å². The number of carbonyl (C=O) groups excluding carboxylic acids is 1. The number of likely N-dealkylation sites (N-methyl/N-ethyl adjacent to an activating group) is 1. The van der Waals surface area contributed by atoms with Crippen LogP contribution in [0.4, 0.5) is 5.69 Å². The van der Waals surface area contributed by atoms with E-state index in [9.17, 15) is 0 Å². The molecule has 1 atom stereocenters. The highest BCUT2D eigenvalue weighted by atomic mass is 16.5. The smallest absolute Gasteiger partial charge is 0.106 e. The Morgan fingerprint density at radius 3 is 2.17 bits per heavy atom. The minimum Gasteiger partial charge on any atom is -0.378 e. The van der Waals surface area contributed by atoms with Gasteiger partial charge in [0.2, 0.25) is 0 Å². The normalized spacial score (nSPS) is 15.4. The van der Waals surface area contributed by atoms with Gasteiger partial charge in [0.1, 0.15) is 6.79 Å². The molecule has 29 heavy (non-hydrogen) atoms. The third-order valence-corrected chi connectivity index (χ3v) is 5.65. The second-order valence-corrected chi connectivity index (χ2v) is 7.85. The molecule has 0 spiro atoms. The molecule has 0 bridgehead atoms. The number of anilines is 1. The van der Waals surface area contributed by atoms with E-state index in [1.807, 2.05) is 6.79 Å². The highest BCUT2D eigenvalue weighted by Crippen LogP contribution is 2.21. The van der Waals surface area contributed by atoms with Gasteiger partial charge in [0, 0.05) is 24.3 Å². The Balaban J connectivity index is 0.000000268. The van der Waals surface area contributed by atoms with Crippen molar-refractivity contribution in [2.75, 3.05) is 45.3 Å². The SMILES string of the molecule is C=O.CCC(C)(Cc1ccccc1)N(C)C.Cc1cccc(N2CCOCC2)c1. The van der Waals surface area contributed by atoms with Crippen LogP contribution in [0.15, 0.2) is 54.6 Å². The predicted octanol–water partition coefficient (Wildman–Crippen LogP) is 4.61. The van der Waals surface area contributed by atoms with Gasteiger partial charge in [0.05, 0.1) is 13.2 Å². The first kappa shape index (κ1) is 24.9. The fourth-order valence-corrected chi connectivity index (χ4v) is 3.28. The Bertz CT molecular complexity index is 684. The summed E-state index contributed by atoms with van der Waals surface area (Å²) in [4.78, 5) is 12.7. The van der Waals surface area contributed by atoms with Gasteiger partial charge in [-0.3, -0.25) is 0 Å². The molecule has 0 aliphatic carbocycles. The number of hydrogen-bond acceptors (Lipinski definition) is 4. The molecular weight excluding hydrogens is 360 g/mol. The van der Waals surface area contributed by atoms with E-state index in [0.717, 1.165) is 32.7 Å². The molecule has 1 heterocycles. The zero-order valence-corrected chi connectivity index (χ0v) is 18.9. The summed E-state index contributed by atoms with van der Waals surface area (Å²) in [6.07, 6.45) is 2.30. The molecule has 2 aromatic rings. The lowest BCUT2D eigenvalue weighted by Crippen LogP contribution is -2.42. The van der Waals surface area contributed by atoms with Crippen LogP contribution in [0.3, 0.4) is 0 Å². The third kappa shape index (κ3) is 8.38. The van der Waals surface area contributed by atoms with Crippen LogP contribution in [0.5, 0.6) is 0 Å². The molecule has 0 N–H and O–H groups in total. The predicted molar refractivity (Wildman–Crippen MR) is 124 cm³/mol. The van der Waals surface area contributed by atoms with Gasteiger partial charge in [-0.2, -0.15) is 0 Å². The first-order valence-electron chi connectivity index (χ1n) is 10.3. The Hall–Kier alpha value is -2.17. The average molecular weight is 399 g/mol. The van der Waals surface area contributed by atoms with Gasteiger partial charge in [-0.15, -0.1) is 0 Å². The largest absolute Gasteiger partial charge is 0.378 e. The number of benzene rings is 2. The Labute approximate surface area is 177 Å². The molecule has 2 aromatic carbocycles. The van der Waals surface area contributed by atoms with Crippen LogP contribution in [-0.4, -0.2) is 57.6 Å². The van der Waals surface area contributed by atoms with Gasteiger partial charge in [-0.05, 0) is 64.0 Å². The highest BCUT2D eigenvalue weighted by molar-refractivity contribution is 5.48. The van der Waals surface area contributed by atoms with E-state index in [1.54, 1.807) is 0 Å². The van der Waals surface area contributed by atoms with Gasteiger partial charge >= 0.3 is 0 Å². The summed E-state index contributed by atoms with van der Waals surface area (Å²) in [5.74, 6) is 0. The van der Waals surface area contributed by atoms with E-state index in [-0.39, 0.29) is 5.54 Å². The van der Waals surface area contributed by atoms with Crippen molar-refractivity contribution >= 4 is 12.5 Å². The lowest BCUT2D eigenvalue weighted by molar-refractivity contribution is -0.0979. The summed E-state index contributed by atoms with van der Waals surface area (Å²) in [5.41, 5.74) is 4.35. The van der Waals surface area contributed by atoms with E-state index in [0.29, 0.717) is 0 Å². The molecule has 4 heteroatoms. The Morgan fingerprint density at radius 1 is 1.03 bits per heavy atom. The number of aryl methyl sites for hydroxylation is 1. The molecule has 0 radical (unpaired) electrons. The lowest BCUT2D eigenvalue weighted by Gasteiger charge is -2.35. The maximum atomic E-state index is 8.00. The Morgan fingerprint density at radius 2 is 1.66 bits per heavy atom. The van der Waals surface area contributed by atoms with Crippen LogP contribution in [-0.2, 0) is 16.0 Å². The average Bonchev–Trinajstić information content (AvgIpc) is 2.77. The van der Waals surface area contributed by atoms with Crippen LogP contribution in [0.1, 0.15) is 31.4 Å². The van der Waals surface area contributed by atoms with Crippen molar-refractivity contribution in [3.05, 3.63) is 65.7 Å². The van der Waals surface area contributed by atoms with E-state index in [2.05, 4.69) is 99.3 Å². The summed E-state index contributed by atoms with van der Waals surface area (Å²) in [6.45, 7) is 12.4. The van der Waals surface area contributed by atoms with Crippen LogP contribution in [0.25, 0.3) is 0 Å². The van der Waals surface area contributed by atoms with Crippen molar-refractivity contribution in [1.29, 1.82) is 0 Å². The molecule has 4 nitrogen and oxygen atoms in total. The maximum Gasteiger partial charge on any atom is 0.106 e. The second-order valence-electron chi connectivity index (χ2n) is 7.85. The van der Waals surface area contributed by atoms with E-state index in [1.165, 1.54) is 23.2 Å². The van der Waals surface area contributed by atoms with Crippen molar-refractivity contribution in [2.45, 2.75) is 39.2 Å². The van der Waals surface area contributed by atoms with Crippen LogP contribution >= 0.6 is 0 Å². The third-order valence-electron chi connectivity index (χ3n) is 5.65. The summed E-state index contributed by atoms with van der Waals surface area (Å²) < 4.78 is 5.31. The summed E-state index contributed by atoms with van der Waals surface area (Å²) in [5, 5.41) is 0. The lowest BCUT2D eigenvalue weighted by atomic mass is 9.89. The first-order chi connectivity index (χ1) is 13.9. The number of nitrogens with zero attached hydrogens (tertiary/aromatic N) is 2. The molecule has 1 aliphatic rings. The molecule has 0 saturated carbocycles.